The number of rotatable bonds is 6. The van der Waals surface area contributed by atoms with Gasteiger partial charge < -0.3 is 0 Å². The van der Waals surface area contributed by atoms with E-state index in [1.165, 1.54) is 12.1 Å². The zero-order valence-corrected chi connectivity index (χ0v) is 11.3. The third kappa shape index (κ3) is 4.39. The molecule has 1 amide bonds. The van der Waals surface area contributed by atoms with Crippen LogP contribution < -0.4 is 10.9 Å². The molecule has 108 valence electrons. The number of hydrogen-bond donors (Lipinski definition) is 2. The quantitative estimate of drug-likeness (QED) is 0.483. The number of nitrogens with zero attached hydrogens (tertiary/aromatic N) is 1. The Balaban J connectivity index is 1.75. The van der Waals surface area contributed by atoms with Gasteiger partial charge in [0.2, 0.25) is 0 Å². The van der Waals surface area contributed by atoms with Crippen molar-refractivity contribution in [1.82, 2.24) is 10.9 Å². The minimum atomic E-state index is -0.428. The van der Waals surface area contributed by atoms with Gasteiger partial charge in [-0.3, -0.25) is 20.3 Å². The second-order valence-electron chi connectivity index (χ2n) is 4.42. The lowest BCUT2D eigenvalue weighted by Gasteiger charge is -2.07. The predicted octanol–water partition coefficient (Wildman–Crippen LogP) is 2.07. The van der Waals surface area contributed by atoms with E-state index in [2.05, 4.69) is 10.9 Å². The Hall–Kier alpha value is -2.73. The number of carbonyl (C=O) groups is 1. The predicted molar refractivity (Wildman–Crippen MR) is 78.7 cm³/mol. The summed E-state index contributed by atoms with van der Waals surface area (Å²) in [5, 5.41) is 10.5. The summed E-state index contributed by atoms with van der Waals surface area (Å²) in [5.74, 6) is -0.195. The Morgan fingerprint density at radius 3 is 2.33 bits per heavy atom. The highest BCUT2D eigenvalue weighted by Crippen LogP contribution is 2.11. The zero-order valence-electron chi connectivity index (χ0n) is 11.3. The molecule has 0 aliphatic carbocycles. The van der Waals surface area contributed by atoms with Gasteiger partial charge in [0.25, 0.3) is 11.6 Å². The van der Waals surface area contributed by atoms with Crippen molar-refractivity contribution in [3.05, 3.63) is 75.8 Å². The van der Waals surface area contributed by atoms with E-state index in [1.54, 1.807) is 36.4 Å². The second-order valence-corrected chi connectivity index (χ2v) is 4.42. The van der Waals surface area contributed by atoms with Gasteiger partial charge in [0, 0.05) is 24.2 Å². The summed E-state index contributed by atoms with van der Waals surface area (Å²) < 4.78 is 0. The highest BCUT2D eigenvalue weighted by Gasteiger charge is 2.05. The molecular formula is C15H15N3O3. The molecule has 2 rings (SSSR count). The first-order valence-electron chi connectivity index (χ1n) is 6.48. The molecule has 0 saturated heterocycles. The molecule has 0 fully saturated rings. The Labute approximate surface area is 121 Å². The monoisotopic (exact) mass is 285 g/mol. The first-order valence-corrected chi connectivity index (χ1v) is 6.48. The van der Waals surface area contributed by atoms with E-state index in [9.17, 15) is 14.9 Å². The number of carbonyl (C=O) groups excluding carboxylic acids is 1. The fourth-order valence-corrected chi connectivity index (χ4v) is 1.80. The summed E-state index contributed by atoms with van der Waals surface area (Å²) in [6, 6.07) is 15.3. The lowest BCUT2D eigenvalue weighted by molar-refractivity contribution is -0.384. The maximum atomic E-state index is 11.7. The van der Waals surface area contributed by atoms with Gasteiger partial charge in [0.15, 0.2) is 0 Å². The largest absolute Gasteiger partial charge is 0.287 e. The number of hydrazine groups is 1. The third-order valence-electron chi connectivity index (χ3n) is 2.92. The standard InChI is InChI=1S/C15H15N3O3/c19-15(13-4-2-1-3-5-13)17-16-11-10-12-6-8-14(9-7-12)18(20)21/h1-9,16H,10-11H2,(H,17,19). The van der Waals surface area contributed by atoms with Gasteiger partial charge in [-0.25, -0.2) is 5.43 Å². The van der Waals surface area contributed by atoms with E-state index in [0.29, 0.717) is 18.5 Å². The first-order chi connectivity index (χ1) is 10.2. The number of hydrogen-bond acceptors (Lipinski definition) is 4. The molecule has 21 heavy (non-hydrogen) atoms. The van der Waals surface area contributed by atoms with Crippen molar-refractivity contribution in [2.75, 3.05) is 6.54 Å². The van der Waals surface area contributed by atoms with Gasteiger partial charge in [-0.2, -0.15) is 0 Å². The molecule has 2 aromatic carbocycles. The van der Waals surface area contributed by atoms with Crippen LogP contribution in [0.1, 0.15) is 15.9 Å². The van der Waals surface area contributed by atoms with Gasteiger partial charge >= 0.3 is 0 Å². The minimum absolute atomic E-state index is 0.0732. The molecule has 0 aromatic heterocycles. The van der Waals surface area contributed by atoms with Crippen LogP contribution in [0.5, 0.6) is 0 Å². The molecule has 0 aliphatic rings. The lowest BCUT2D eigenvalue weighted by Crippen LogP contribution is -2.38. The highest BCUT2D eigenvalue weighted by atomic mass is 16.6. The molecule has 2 aromatic rings. The maximum absolute atomic E-state index is 11.7. The second kappa shape index (κ2) is 7.16. The Kier molecular flexibility index (Phi) is 5.00. The normalized spacial score (nSPS) is 10.1. The first kappa shape index (κ1) is 14.7. The molecule has 0 radical (unpaired) electrons. The van der Waals surface area contributed by atoms with Crippen LogP contribution in [0, 0.1) is 10.1 Å². The summed E-state index contributed by atoms with van der Waals surface area (Å²) in [4.78, 5) is 21.8. The van der Waals surface area contributed by atoms with Crippen LogP contribution in [-0.4, -0.2) is 17.4 Å². The Bertz CT molecular complexity index is 612. The number of non-ortho nitro benzene ring substituents is 1. The maximum Gasteiger partial charge on any atom is 0.269 e. The molecule has 0 unspecified atom stereocenters. The van der Waals surface area contributed by atoms with Crippen molar-refractivity contribution in [3.63, 3.8) is 0 Å². The van der Waals surface area contributed by atoms with E-state index in [4.69, 9.17) is 0 Å². The molecule has 0 bridgehead atoms. The van der Waals surface area contributed by atoms with Crippen molar-refractivity contribution >= 4 is 11.6 Å². The summed E-state index contributed by atoms with van der Waals surface area (Å²) in [5.41, 5.74) is 7.05. The van der Waals surface area contributed by atoms with Crippen LogP contribution in [0.4, 0.5) is 5.69 Å². The minimum Gasteiger partial charge on any atom is -0.287 e. The van der Waals surface area contributed by atoms with E-state index in [-0.39, 0.29) is 11.6 Å². The van der Waals surface area contributed by atoms with Crippen molar-refractivity contribution in [3.8, 4) is 0 Å². The van der Waals surface area contributed by atoms with Gasteiger partial charge in [-0.15, -0.1) is 0 Å². The topological polar surface area (TPSA) is 84.3 Å². The van der Waals surface area contributed by atoms with Crippen molar-refractivity contribution in [2.45, 2.75) is 6.42 Å². The van der Waals surface area contributed by atoms with Crippen LogP contribution in [-0.2, 0) is 6.42 Å². The molecule has 2 N–H and O–H groups in total. The molecule has 6 heteroatoms. The molecule has 0 aliphatic heterocycles. The SMILES string of the molecule is O=C(NNCCc1ccc([N+](=O)[O-])cc1)c1ccccc1. The fraction of sp³-hybridized carbons (Fsp3) is 0.133. The number of nitro benzene ring substituents is 1. The molecule has 0 heterocycles. The molecule has 0 saturated carbocycles. The molecule has 0 atom stereocenters. The van der Waals surface area contributed by atoms with E-state index < -0.39 is 4.92 Å². The summed E-state index contributed by atoms with van der Waals surface area (Å²) in [6.45, 7) is 0.538. The van der Waals surface area contributed by atoms with Gasteiger partial charge in [0.05, 0.1) is 4.92 Å². The average molecular weight is 285 g/mol. The number of benzene rings is 2. The van der Waals surface area contributed by atoms with Crippen LogP contribution in [0.3, 0.4) is 0 Å². The van der Waals surface area contributed by atoms with E-state index in [0.717, 1.165) is 5.56 Å². The van der Waals surface area contributed by atoms with Crippen molar-refractivity contribution in [2.24, 2.45) is 0 Å². The number of nitrogens with one attached hydrogen (secondary N) is 2. The number of nitro groups is 1. The van der Waals surface area contributed by atoms with Crippen molar-refractivity contribution in [1.29, 1.82) is 0 Å². The van der Waals surface area contributed by atoms with E-state index in [1.807, 2.05) is 6.07 Å². The summed E-state index contributed by atoms with van der Waals surface area (Å²) >= 11 is 0. The average Bonchev–Trinajstić information content (AvgIpc) is 2.52. The number of amides is 1. The summed E-state index contributed by atoms with van der Waals surface area (Å²) in [7, 11) is 0. The van der Waals surface area contributed by atoms with Gasteiger partial charge in [-0.05, 0) is 24.1 Å². The highest BCUT2D eigenvalue weighted by molar-refractivity contribution is 5.93. The Morgan fingerprint density at radius 2 is 1.71 bits per heavy atom. The van der Waals surface area contributed by atoms with Gasteiger partial charge in [-0.1, -0.05) is 30.3 Å². The van der Waals surface area contributed by atoms with Crippen LogP contribution >= 0.6 is 0 Å². The van der Waals surface area contributed by atoms with Crippen molar-refractivity contribution < 1.29 is 9.72 Å². The molecular weight excluding hydrogens is 270 g/mol. The van der Waals surface area contributed by atoms with E-state index >= 15 is 0 Å². The van der Waals surface area contributed by atoms with Crippen LogP contribution in [0.15, 0.2) is 54.6 Å². The molecule has 6 nitrogen and oxygen atoms in total. The summed E-state index contributed by atoms with van der Waals surface area (Å²) in [6.07, 6.45) is 0.660. The lowest BCUT2D eigenvalue weighted by atomic mass is 10.1. The van der Waals surface area contributed by atoms with Crippen LogP contribution in [0.2, 0.25) is 0 Å². The third-order valence-corrected chi connectivity index (χ3v) is 2.92. The van der Waals surface area contributed by atoms with Gasteiger partial charge in [0.1, 0.15) is 0 Å². The fourth-order valence-electron chi connectivity index (χ4n) is 1.80. The zero-order chi connectivity index (χ0) is 15.1. The Morgan fingerprint density at radius 1 is 1.05 bits per heavy atom. The van der Waals surface area contributed by atoms with Crippen LogP contribution in [0.25, 0.3) is 0 Å². The molecule has 0 spiro atoms. The smallest absolute Gasteiger partial charge is 0.269 e.